The van der Waals surface area contributed by atoms with Gasteiger partial charge in [0, 0.05) is 28.1 Å². The van der Waals surface area contributed by atoms with Crippen LogP contribution in [0.3, 0.4) is 0 Å². The molecule has 0 saturated carbocycles. The first-order valence-corrected chi connectivity index (χ1v) is 8.13. The highest BCUT2D eigenvalue weighted by Crippen LogP contribution is 2.25. The third-order valence-electron chi connectivity index (χ3n) is 3.24. The molecule has 0 aliphatic heterocycles. The standard InChI is InChI=1S/C18H11Cl2N3O3/c19-11-2-1-3-13(8-11)23-17(24)14-9-12(20)4-5-16(14)26-18(25)15-10-21-6-7-22-15/h1-10H,(H,23,24). The lowest BCUT2D eigenvalue weighted by Crippen LogP contribution is -2.17. The van der Waals surface area contributed by atoms with E-state index in [0.29, 0.717) is 15.7 Å². The van der Waals surface area contributed by atoms with E-state index in [9.17, 15) is 9.59 Å². The average Bonchev–Trinajstić information content (AvgIpc) is 2.64. The van der Waals surface area contributed by atoms with Gasteiger partial charge in [-0.15, -0.1) is 0 Å². The summed E-state index contributed by atoms with van der Waals surface area (Å²) < 4.78 is 5.28. The molecule has 0 aliphatic rings. The van der Waals surface area contributed by atoms with E-state index in [2.05, 4.69) is 15.3 Å². The van der Waals surface area contributed by atoms with Gasteiger partial charge >= 0.3 is 5.97 Å². The van der Waals surface area contributed by atoms with Crippen LogP contribution in [0.15, 0.2) is 61.1 Å². The highest BCUT2D eigenvalue weighted by molar-refractivity contribution is 6.31. The predicted octanol–water partition coefficient (Wildman–Crippen LogP) is 4.25. The second-order valence-electron chi connectivity index (χ2n) is 5.09. The Morgan fingerprint density at radius 1 is 1.00 bits per heavy atom. The Kier molecular flexibility index (Phi) is 5.46. The van der Waals surface area contributed by atoms with Gasteiger partial charge in [0.15, 0.2) is 5.69 Å². The maximum atomic E-state index is 12.6. The number of hydrogen-bond donors (Lipinski definition) is 1. The highest BCUT2D eigenvalue weighted by atomic mass is 35.5. The fraction of sp³-hybridized carbons (Fsp3) is 0. The Morgan fingerprint density at radius 3 is 2.54 bits per heavy atom. The van der Waals surface area contributed by atoms with Gasteiger partial charge in [-0.05, 0) is 36.4 Å². The smallest absolute Gasteiger partial charge is 0.363 e. The topological polar surface area (TPSA) is 81.2 Å². The molecule has 8 heteroatoms. The Bertz CT molecular complexity index is 965. The summed E-state index contributed by atoms with van der Waals surface area (Å²) >= 11 is 11.9. The molecule has 1 N–H and O–H groups in total. The molecule has 0 fully saturated rings. The Morgan fingerprint density at radius 2 is 1.81 bits per heavy atom. The summed E-state index contributed by atoms with van der Waals surface area (Å²) in [4.78, 5) is 32.4. The average molecular weight is 388 g/mol. The zero-order valence-corrected chi connectivity index (χ0v) is 14.7. The molecule has 3 rings (SSSR count). The molecule has 0 radical (unpaired) electrons. The monoisotopic (exact) mass is 387 g/mol. The number of hydrogen-bond acceptors (Lipinski definition) is 5. The number of nitrogens with one attached hydrogen (secondary N) is 1. The number of nitrogens with zero attached hydrogens (tertiary/aromatic N) is 2. The second kappa shape index (κ2) is 7.95. The van der Waals surface area contributed by atoms with E-state index < -0.39 is 11.9 Å². The maximum Gasteiger partial charge on any atom is 0.363 e. The highest BCUT2D eigenvalue weighted by Gasteiger charge is 2.18. The third-order valence-corrected chi connectivity index (χ3v) is 3.71. The fourth-order valence-corrected chi connectivity index (χ4v) is 2.45. The van der Waals surface area contributed by atoms with Gasteiger partial charge in [0.05, 0.1) is 11.8 Å². The number of carbonyl (C=O) groups is 2. The zero-order chi connectivity index (χ0) is 18.5. The van der Waals surface area contributed by atoms with Crippen LogP contribution in [0.4, 0.5) is 5.69 Å². The Hall–Kier alpha value is -2.96. The molecule has 130 valence electrons. The lowest BCUT2D eigenvalue weighted by atomic mass is 10.1. The van der Waals surface area contributed by atoms with Crippen molar-refractivity contribution in [1.29, 1.82) is 0 Å². The molecule has 1 heterocycles. The summed E-state index contributed by atoms with van der Waals surface area (Å²) in [5.41, 5.74) is 0.604. The normalized spacial score (nSPS) is 10.2. The lowest BCUT2D eigenvalue weighted by Gasteiger charge is -2.11. The molecule has 1 amide bonds. The van der Waals surface area contributed by atoms with Gasteiger partial charge in [0.25, 0.3) is 5.91 Å². The van der Waals surface area contributed by atoms with Crippen molar-refractivity contribution in [3.8, 4) is 5.75 Å². The number of amides is 1. The van der Waals surface area contributed by atoms with Gasteiger partial charge in [-0.3, -0.25) is 9.78 Å². The minimum absolute atomic E-state index is 0.0173. The summed E-state index contributed by atoms with van der Waals surface area (Å²) in [6.07, 6.45) is 4.07. The van der Waals surface area contributed by atoms with Crippen LogP contribution in [0.5, 0.6) is 5.75 Å². The molecule has 6 nitrogen and oxygen atoms in total. The first-order chi connectivity index (χ1) is 12.5. The van der Waals surface area contributed by atoms with Crippen molar-refractivity contribution in [3.05, 3.63) is 82.4 Å². The van der Waals surface area contributed by atoms with Crippen LogP contribution in [0.25, 0.3) is 0 Å². The number of benzene rings is 2. The van der Waals surface area contributed by atoms with Crippen LogP contribution in [0.2, 0.25) is 10.0 Å². The number of aromatic nitrogens is 2. The molecule has 1 aromatic heterocycles. The minimum Gasteiger partial charge on any atom is -0.421 e. The summed E-state index contributed by atoms with van der Waals surface area (Å²) in [5.74, 6) is -1.20. The SMILES string of the molecule is O=C(Oc1ccc(Cl)cc1C(=O)Nc1cccc(Cl)c1)c1cnccn1. The molecule has 0 unspecified atom stereocenters. The van der Waals surface area contributed by atoms with E-state index >= 15 is 0 Å². The molecule has 0 spiro atoms. The number of esters is 1. The number of carbonyl (C=O) groups excluding carboxylic acids is 2. The van der Waals surface area contributed by atoms with Crippen LogP contribution < -0.4 is 10.1 Å². The number of anilines is 1. The van der Waals surface area contributed by atoms with Crippen molar-refractivity contribution in [1.82, 2.24) is 9.97 Å². The van der Waals surface area contributed by atoms with Crippen LogP contribution in [0, 0.1) is 0 Å². The minimum atomic E-state index is -0.739. The summed E-state index contributed by atoms with van der Waals surface area (Å²) in [6, 6.07) is 11.0. The van der Waals surface area contributed by atoms with Gasteiger partial charge in [-0.1, -0.05) is 29.3 Å². The van der Waals surface area contributed by atoms with E-state index in [-0.39, 0.29) is 17.0 Å². The largest absolute Gasteiger partial charge is 0.421 e. The van der Waals surface area contributed by atoms with Gasteiger partial charge in [0.2, 0.25) is 0 Å². The molecule has 0 aliphatic carbocycles. The number of halogens is 2. The van der Waals surface area contributed by atoms with Crippen molar-refractivity contribution in [2.24, 2.45) is 0 Å². The molecular formula is C18H11Cl2N3O3. The van der Waals surface area contributed by atoms with Crippen LogP contribution in [0.1, 0.15) is 20.8 Å². The third kappa shape index (κ3) is 4.36. The quantitative estimate of drug-likeness (QED) is 0.534. The molecule has 0 atom stereocenters. The molecular weight excluding hydrogens is 377 g/mol. The van der Waals surface area contributed by atoms with E-state index in [1.54, 1.807) is 24.3 Å². The lowest BCUT2D eigenvalue weighted by molar-refractivity contribution is 0.0726. The first-order valence-electron chi connectivity index (χ1n) is 7.37. The van der Waals surface area contributed by atoms with Crippen molar-refractivity contribution < 1.29 is 14.3 Å². The van der Waals surface area contributed by atoms with E-state index in [4.69, 9.17) is 27.9 Å². The maximum absolute atomic E-state index is 12.6. The van der Waals surface area contributed by atoms with Crippen molar-refractivity contribution in [2.45, 2.75) is 0 Å². The van der Waals surface area contributed by atoms with Crippen LogP contribution in [-0.4, -0.2) is 21.8 Å². The summed E-state index contributed by atoms with van der Waals surface area (Å²) in [6.45, 7) is 0. The molecule has 0 bridgehead atoms. The summed E-state index contributed by atoms with van der Waals surface area (Å²) in [5, 5.41) is 3.47. The Labute approximate surface area is 158 Å². The van der Waals surface area contributed by atoms with Crippen molar-refractivity contribution in [3.63, 3.8) is 0 Å². The van der Waals surface area contributed by atoms with Crippen molar-refractivity contribution >= 4 is 40.8 Å². The van der Waals surface area contributed by atoms with E-state index in [1.807, 2.05) is 0 Å². The Balaban J connectivity index is 1.86. The molecule has 3 aromatic rings. The number of ether oxygens (including phenoxy) is 1. The van der Waals surface area contributed by atoms with Gasteiger partial charge in [0.1, 0.15) is 5.75 Å². The van der Waals surface area contributed by atoms with Crippen LogP contribution >= 0.6 is 23.2 Å². The first kappa shape index (κ1) is 17.8. The van der Waals surface area contributed by atoms with Gasteiger partial charge in [-0.25, -0.2) is 9.78 Å². The molecule has 0 saturated heterocycles. The summed E-state index contributed by atoms with van der Waals surface area (Å²) in [7, 11) is 0. The van der Waals surface area contributed by atoms with E-state index in [1.165, 1.54) is 36.8 Å². The molecule has 26 heavy (non-hydrogen) atoms. The second-order valence-corrected chi connectivity index (χ2v) is 5.96. The van der Waals surface area contributed by atoms with Crippen LogP contribution in [-0.2, 0) is 0 Å². The zero-order valence-electron chi connectivity index (χ0n) is 13.1. The molecule has 2 aromatic carbocycles. The van der Waals surface area contributed by atoms with Gasteiger partial charge in [-0.2, -0.15) is 0 Å². The fourth-order valence-electron chi connectivity index (χ4n) is 2.09. The van der Waals surface area contributed by atoms with E-state index in [0.717, 1.165) is 0 Å². The van der Waals surface area contributed by atoms with Crippen molar-refractivity contribution in [2.75, 3.05) is 5.32 Å². The predicted molar refractivity (Wildman–Crippen MR) is 97.8 cm³/mol. The number of rotatable bonds is 4. The van der Waals surface area contributed by atoms with Gasteiger partial charge < -0.3 is 10.1 Å².